The van der Waals surface area contributed by atoms with E-state index >= 15 is 0 Å². The summed E-state index contributed by atoms with van der Waals surface area (Å²) in [6.07, 6.45) is 2.25. The Morgan fingerprint density at radius 2 is 2.24 bits per heavy atom. The molecule has 0 spiro atoms. The molecule has 3 heteroatoms. The molecule has 1 N–H and O–H groups in total. The lowest BCUT2D eigenvalue weighted by molar-refractivity contribution is 0.409. The van der Waals surface area contributed by atoms with Crippen LogP contribution >= 0.6 is 0 Å². The zero-order valence-corrected chi connectivity index (χ0v) is 10.7. The highest BCUT2D eigenvalue weighted by molar-refractivity contribution is 5.57. The van der Waals surface area contributed by atoms with Crippen LogP contribution in [0.15, 0.2) is 18.7 Å². The summed E-state index contributed by atoms with van der Waals surface area (Å²) in [6, 6.07) is 3.74. The molecule has 17 heavy (non-hydrogen) atoms. The average Bonchev–Trinajstić information content (AvgIpc) is 2.28. The molecule has 0 fully saturated rings. The van der Waals surface area contributed by atoms with Gasteiger partial charge < -0.3 is 10.1 Å². The van der Waals surface area contributed by atoms with Crippen molar-refractivity contribution in [2.24, 2.45) is 0 Å². The number of hydrogen-bond acceptors (Lipinski definition) is 2. The van der Waals surface area contributed by atoms with E-state index in [1.165, 1.54) is 6.08 Å². The zero-order valence-electron chi connectivity index (χ0n) is 10.7. The normalized spacial score (nSPS) is 12.2. The highest BCUT2D eigenvalue weighted by Crippen LogP contribution is 2.25. The predicted octanol–water partition coefficient (Wildman–Crippen LogP) is 3.02. The quantitative estimate of drug-likeness (QED) is 0.821. The van der Waals surface area contributed by atoms with Crippen molar-refractivity contribution < 1.29 is 9.13 Å². The van der Waals surface area contributed by atoms with E-state index in [9.17, 15) is 4.39 Å². The number of ether oxygens (including phenoxy) is 1. The van der Waals surface area contributed by atoms with E-state index in [0.717, 1.165) is 18.5 Å². The van der Waals surface area contributed by atoms with Gasteiger partial charge in [-0.2, -0.15) is 0 Å². The van der Waals surface area contributed by atoms with E-state index in [-0.39, 0.29) is 5.82 Å². The van der Waals surface area contributed by atoms with E-state index in [0.29, 0.717) is 17.4 Å². The second kappa shape index (κ2) is 6.40. The Hall–Kier alpha value is -1.35. The van der Waals surface area contributed by atoms with Gasteiger partial charge in [-0.25, -0.2) is 4.39 Å². The number of nitrogens with one attached hydrogen (secondary N) is 1. The first-order valence-electron chi connectivity index (χ1n) is 5.84. The molecule has 1 atom stereocenters. The van der Waals surface area contributed by atoms with Gasteiger partial charge in [-0.05, 0) is 37.6 Å². The van der Waals surface area contributed by atoms with Crippen LogP contribution in [0.4, 0.5) is 4.39 Å². The van der Waals surface area contributed by atoms with E-state index in [2.05, 4.69) is 25.7 Å². The van der Waals surface area contributed by atoms with Crippen molar-refractivity contribution in [3.8, 4) is 5.75 Å². The standard InChI is InChI=1S/C14H20FNO/c1-5-12-13(15)8-11(9-14(12)17-4)7-10(3)16-6-2/h5,8-10,16H,1,6-7H2,2-4H3. The van der Waals surface area contributed by atoms with Gasteiger partial charge in [0, 0.05) is 6.04 Å². The average molecular weight is 237 g/mol. The summed E-state index contributed by atoms with van der Waals surface area (Å²) in [4.78, 5) is 0. The summed E-state index contributed by atoms with van der Waals surface area (Å²) in [5, 5.41) is 3.30. The fraction of sp³-hybridized carbons (Fsp3) is 0.429. The molecule has 0 saturated heterocycles. The molecule has 0 aliphatic heterocycles. The van der Waals surface area contributed by atoms with Crippen molar-refractivity contribution in [3.63, 3.8) is 0 Å². The number of likely N-dealkylation sites (N-methyl/N-ethyl adjacent to an activating group) is 1. The molecule has 1 rings (SSSR count). The topological polar surface area (TPSA) is 21.3 Å². The number of halogens is 1. The number of hydrogen-bond donors (Lipinski definition) is 1. The fourth-order valence-electron chi connectivity index (χ4n) is 1.91. The van der Waals surface area contributed by atoms with Crippen molar-refractivity contribution in [2.75, 3.05) is 13.7 Å². The molecule has 0 aliphatic carbocycles. The van der Waals surface area contributed by atoms with Crippen molar-refractivity contribution in [2.45, 2.75) is 26.3 Å². The second-order valence-corrected chi connectivity index (χ2v) is 4.06. The highest BCUT2D eigenvalue weighted by atomic mass is 19.1. The van der Waals surface area contributed by atoms with Crippen LogP contribution in [0.25, 0.3) is 6.08 Å². The summed E-state index contributed by atoms with van der Waals surface area (Å²) in [5.74, 6) is 0.261. The maximum atomic E-state index is 13.8. The minimum atomic E-state index is -0.280. The first-order chi connectivity index (χ1) is 8.12. The Labute approximate surface area is 102 Å². The Kier molecular flexibility index (Phi) is 5.16. The molecule has 0 aromatic heterocycles. The van der Waals surface area contributed by atoms with Crippen LogP contribution in [-0.4, -0.2) is 19.7 Å². The molecule has 1 unspecified atom stereocenters. The van der Waals surface area contributed by atoms with Gasteiger partial charge >= 0.3 is 0 Å². The van der Waals surface area contributed by atoms with Crippen LogP contribution in [0, 0.1) is 5.82 Å². The van der Waals surface area contributed by atoms with Gasteiger partial charge in [0.05, 0.1) is 12.7 Å². The molecule has 2 nitrogen and oxygen atoms in total. The fourth-order valence-corrected chi connectivity index (χ4v) is 1.91. The van der Waals surface area contributed by atoms with Crippen LogP contribution in [0.1, 0.15) is 25.0 Å². The molecule has 94 valence electrons. The molecular formula is C14H20FNO. The third-order valence-corrected chi connectivity index (χ3v) is 2.67. The van der Waals surface area contributed by atoms with Gasteiger partial charge in [0.2, 0.25) is 0 Å². The lowest BCUT2D eigenvalue weighted by atomic mass is 10.0. The van der Waals surface area contributed by atoms with Crippen molar-refractivity contribution in [3.05, 3.63) is 35.7 Å². The van der Waals surface area contributed by atoms with E-state index in [1.54, 1.807) is 13.2 Å². The first-order valence-corrected chi connectivity index (χ1v) is 5.84. The smallest absolute Gasteiger partial charge is 0.134 e. The van der Waals surface area contributed by atoms with Crippen LogP contribution < -0.4 is 10.1 Å². The van der Waals surface area contributed by atoms with Gasteiger partial charge in [-0.1, -0.05) is 19.6 Å². The molecule has 0 aliphatic rings. The largest absolute Gasteiger partial charge is 0.496 e. The molecule has 1 aromatic carbocycles. The molecule has 0 amide bonds. The third kappa shape index (κ3) is 3.56. The summed E-state index contributed by atoms with van der Waals surface area (Å²) in [6.45, 7) is 8.63. The summed E-state index contributed by atoms with van der Waals surface area (Å²) < 4.78 is 18.9. The number of methoxy groups -OCH3 is 1. The van der Waals surface area contributed by atoms with E-state index < -0.39 is 0 Å². The minimum absolute atomic E-state index is 0.280. The molecule has 0 radical (unpaired) electrons. The molecule has 1 aromatic rings. The first kappa shape index (κ1) is 13.7. The summed E-state index contributed by atoms with van der Waals surface area (Å²) in [5.41, 5.74) is 1.35. The van der Waals surface area contributed by atoms with Gasteiger partial charge in [0.15, 0.2) is 0 Å². The maximum Gasteiger partial charge on any atom is 0.134 e. The molecule has 0 heterocycles. The Balaban J connectivity index is 2.95. The van der Waals surface area contributed by atoms with E-state index in [1.807, 2.05) is 6.07 Å². The Morgan fingerprint density at radius 3 is 2.76 bits per heavy atom. The van der Waals surface area contributed by atoms with Crippen molar-refractivity contribution in [1.29, 1.82) is 0 Å². The van der Waals surface area contributed by atoms with Crippen LogP contribution in [0.3, 0.4) is 0 Å². The van der Waals surface area contributed by atoms with E-state index in [4.69, 9.17) is 4.74 Å². The minimum Gasteiger partial charge on any atom is -0.496 e. The van der Waals surface area contributed by atoms with Gasteiger partial charge in [-0.15, -0.1) is 0 Å². The highest BCUT2D eigenvalue weighted by Gasteiger charge is 2.10. The lowest BCUT2D eigenvalue weighted by Crippen LogP contribution is -2.27. The molecule has 0 saturated carbocycles. The number of rotatable bonds is 6. The molecule has 0 bridgehead atoms. The van der Waals surface area contributed by atoms with Crippen molar-refractivity contribution in [1.82, 2.24) is 5.32 Å². The van der Waals surface area contributed by atoms with Crippen LogP contribution in [-0.2, 0) is 6.42 Å². The van der Waals surface area contributed by atoms with Crippen molar-refractivity contribution >= 4 is 6.08 Å². The van der Waals surface area contributed by atoms with Crippen LogP contribution in [0.2, 0.25) is 0 Å². The Bertz CT molecular complexity index is 390. The number of benzene rings is 1. The van der Waals surface area contributed by atoms with Gasteiger partial charge in [-0.3, -0.25) is 0 Å². The monoisotopic (exact) mass is 237 g/mol. The predicted molar refractivity (Wildman–Crippen MR) is 69.9 cm³/mol. The summed E-state index contributed by atoms with van der Waals surface area (Å²) >= 11 is 0. The van der Waals surface area contributed by atoms with Crippen LogP contribution in [0.5, 0.6) is 5.75 Å². The third-order valence-electron chi connectivity index (χ3n) is 2.67. The zero-order chi connectivity index (χ0) is 12.8. The summed E-state index contributed by atoms with van der Waals surface area (Å²) in [7, 11) is 1.54. The molecular weight excluding hydrogens is 217 g/mol. The second-order valence-electron chi connectivity index (χ2n) is 4.06. The SMILES string of the molecule is C=Cc1c(F)cc(CC(C)NCC)cc1OC. The van der Waals surface area contributed by atoms with Gasteiger partial charge in [0.1, 0.15) is 11.6 Å². The lowest BCUT2D eigenvalue weighted by Gasteiger charge is -2.14. The Morgan fingerprint density at radius 1 is 1.53 bits per heavy atom. The maximum absolute atomic E-state index is 13.8. The van der Waals surface area contributed by atoms with Gasteiger partial charge in [0.25, 0.3) is 0 Å².